The minimum Gasteiger partial charge on any atom is -0.260 e. The number of halogens is 1. The van der Waals surface area contributed by atoms with Crippen LogP contribution in [0.5, 0.6) is 0 Å². The van der Waals surface area contributed by atoms with Crippen molar-refractivity contribution in [1.29, 1.82) is 0 Å². The Kier molecular flexibility index (Phi) is 3.85. The molecule has 3 rings (SSSR count). The number of aryl methyl sites for hydroxylation is 2. The van der Waals surface area contributed by atoms with Crippen molar-refractivity contribution in [1.82, 2.24) is 9.97 Å². The second kappa shape index (κ2) is 5.81. The molecule has 2 heterocycles. The molecule has 1 N–H and O–H groups in total. The van der Waals surface area contributed by atoms with Gasteiger partial charge in [-0.05, 0) is 44.0 Å². The molecule has 4 nitrogen and oxygen atoms in total. The van der Waals surface area contributed by atoms with Gasteiger partial charge in [0.2, 0.25) is 0 Å². The summed E-state index contributed by atoms with van der Waals surface area (Å²) in [7, 11) is 0. The molecule has 0 amide bonds. The number of nitrogens with one attached hydrogen (secondary N) is 1. The molecule has 0 saturated heterocycles. The third-order valence-electron chi connectivity index (χ3n) is 3.56. The van der Waals surface area contributed by atoms with Crippen molar-refractivity contribution in [3.63, 3.8) is 0 Å². The fourth-order valence-corrected chi connectivity index (χ4v) is 3.16. The smallest absolute Gasteiger partial charge is 0.158 e. The highest BCUT2D eigenvalue weighted by atomic mass is 32.1. The van der Waals surface area contributed by atoms with E-state index in [2.05, 4.69) is 34.3 Å². The summed E-state index contributed by atoms with van der Waals surface area (Å²) >= 11 is 1.64. The first-order chi connectivity index (χ1) is 10.6. The summed E-state index contributed by atoms with van der Waals surface area (Å²) in [4.78, 5) is 10.7. The molecule has 0 fully saturated rings. The summed E-state index contributed by atoms with van der Waals surface area (Å²) in [6.45, 7) is 5.99. The monoisotopic (exact) mass is 314 g/mol. The van der Waals surface area contributed by atoms with Crippen LogP contribution in [-0.2, 0) is 0 Å². The first-order valence-corrected chi connectivity index (χ1v) is 7.65. The Morgan fingerprint density at radius 1 is 1.18 bits per heavy atom. The molecule has 112 valence electrons. The van der Waals surface area contributed by atoms with Gasteiger partial charge in [0, 0.05) is 4.88 Å². The van der Waals surface area contributed by atoms with Gasteiger partial charge in [0.15, 0.2) is 5.82 Å². The first kappa shape index (κ1) is 14.6. The molecule has 0 unspecified atom stereocenters. The Morgan fingerprint density at radius 3 is 2.64 bits per heavy atom. The quantitative estimate of drug-likeness (QED) is 0.580. The van der Waals surface area contributed by atoms with E-state index in [9.17, 15) is 4.39 Å². The maximum Gasteiger partial charge on any atom is 0.158 e. The van der Waals surface area contributed by atoms with Crippen LogP contribution in [0.1, 0.15) is 22.9 Å². The standard InChI is InChI=1S/C16H15FN4S/c1-9-11(3)22-16-14(9)15(18-8-19-16)21-20-10(2)12-4-6-13(17)7-5-12/h4-8H,1-3H3,(H,18,19,21)/b20-10+. The molecule has 0 radical (unpaired) electrons. The van der Waals surface area contributed by atoms with Gasteiger partial charge in [0.25, 0.3) is 0 Å². The van der Waals surface area contributed by atoms with E-state index in [-0.39, 0.29) is 5.82 Å². The van der Waals surface area contributed by atoms with Crippen LogP contribution in [-0.4, -0.2) is 15.7 Å². The van der Waals surface area contributed by atoms with Crippen LogP contribution in [0.25, 0.3) is 10.2 Å². The molecule has 6 heteroatoms. The van der Waals surface area contributed by atoms with Crippen LogP contribution < -0.4 is 5.43 Å². The van der Waals surface area contributed by atoms with Gasteiger partial charge in [-0.1, -0.05) is 12.1 Å². The minimum atomic E-state index is -0.258. The third-order valence-corrected chi connectivity index (χ3v) is 4.67. The molecule has 0 aliphatic carbocycles. The highest BCUT2D eigenvalue weighted by molar-refractivity contribution is 7.18. The second-order valence-corrected chi connectivity index (χ2v) is 6.20. The van der Waals surface area contributed by atoms with Gasteiger partial charge in [-0.3, -0.25) is 5.43 Å². The number of hydrogen-bond acceptors (Lipinski definition) is 5. The van der Waals surface area contributed by atoms with E-state index in [4.69, 9.17) is 0 Å². The lowest BCUT2D eigenvalue weighted by Gasteiger charge is -2.05. The van der Waals surface area contributed by atoms with E-state index >= 15 is 0 Å². The van der Waals surface area contributed by atoms with E-state index in [1.807, 2.05) is 6.92 Å². The summed E-state index contributed by atoms with van der Waals surface area (Å²) in [5, 5.41) is 5.35. The van der Waals surface area contributed by atoms with Gasteiger partial charge in [-0.25, -0.2) is 14.4 Å². The summed E-state index contributed by atoms with van der Waals surface area (Å²) in [6, 6.07) is 6.24. The molecule has 0 aliphatic rings. The van der Waals surface area contributed by atoms with Crippen LogP contribution in [0.2, 0.25) is 0 Å². The Morgan fingerprint density at radius 2 is 1.91 bits per heavy atom. The van der Waals surface area contributed by atoms with Crippen molar-refractivity contribution in [2.75, 3.05) is 5.43 Å². The summed E-state index contributed by atoms with van der Waals surface area (Å²) in [5.74, 6) is 0.430. The zero-order chi connectivity index (χ0) is 15.7. The first-order valence-electron chi connectivity index (χ1n) is 6.83. The SMILES string of the molecule is C/C(=N\Nc1ncnc2sc(C)c(C)c12)c1ccc(F)cc1. The fourth-order valence-electron chi connectivity index (χ4n) is 2.16. The van der Waals surface area contributed by atoms with Gasteiger partial charge in [-0.2, -0.15) is 5.10 Å². The van der Waals surface area contributed by atoms with Crippen molar-refractivity contribution in [2.24, 2.45) is 5.10 Å². The van der Waals surface area contributed by atoms with Crippen LogP contribution in [0.4, 0.5) is 10.2 Å². The van der Waals surface area contributed by atoms with Gasteiger partial charge in [0.05, 0.1) is 11.1 Å². The van der Waals surface area contributed by atoms with Crippen molar-refractivity contribution in [3.05, 3.63) is 52.4 Å². The summed E-state index contributed by atoms with van der Waals surface area (Å²) in [5.41, 5.74) is 5.79. The van der Waals surface area contributed by atoms with Crippen molar-refractivity contribution in [2.45, 2.75) is 20.8 Å². The number of benzene rings is 1. The predicted molar refractivity (Wildman–Crippen MR) is 89.1 cm³/mol. The molecule has 22 heavy (non-hydrogen) atoms. The van der Waals surface area contributed by atoms with Crippen LogP contribution >= 0.6 is 11.3 Å². The number of aromatic nitrogens is 2. The Hall–Kier alpha value is -2.34. The van der Waals surface area contributed by atoms with E-state index in [0.29, 0.717) is 5.82 Å². The average molecular weight is 314 g/mol. The number of nitrogens with zero attached hydrogens (tertiary/aromatic N) is 3. The van der Waals surface area contributed by atoms with Gasteiger partial charge in [-0.15, -0.1) is 11.3 Å². The van der Waals surface area contributed by atoms with Crippen LogP contribution in [0, 0.1) is 19.7 Å². The minimum absolute atomic E-state index is 0.258. The molecular formula is C16H15FN4S. The van der Waals surface area contributed by atoms with E-state index in [0.717, 1.165) is 27.1 Å². The molecule has 0 atom stereocenters. The lowest BCUT2D eigenvalue weighted by atomic mass is 10.1. The number of thiophene rings is 1. The van der Waals surface area contributed by atoms with Crippen molar-refractivity contribution >= 4 is 33.1 Å². The zero-order valence-electron chi connectivity index (χ0n) is 12.5. The summed E-state index contributed by atoms with van der Waals surface area (Å²) in [6.07, 6.45) is 1.53. The van der Waals surface area contributed by atoms with Gasteiger partial charge < -0.3 is 0 Å². The summed E-state index contributed by atoms with van der Waals surface area (Å²) < 4.78 is 13.0. The van der Waals surface area contributed by atoms with Crippen molar-refractivity contribution in [3.8, 4) is 0 Å². The second-order valence-electron chi connectivity index (χ2n) is 5.00. The lowest BCUT2D eigenvalue weighted by molar-refractivity contribution is 0.628. The third kappa shape index (κ3) is 2.69. The number of anilines is 1. The largest absolute Gasteiger partial charge is 0.260 e. The Labute approximate surface area is 131 Å². The zero-order valence-corrected chi connectivity index (χ0v) is 13.3. The molecule has 2 aromatic heterocycles. The highest BCUT2D eigenvalue weighted by Crippen LogP contribution is 2.32. The normalized spacial score (nSPS) is 11.9. The van der Waals surface area contributed by atoms with E-state index in [1.165, 1.54) is 23.3 Å². The molecule has 0 spiro atoms. The Balaban J connectivity index is 1.93. The van der Waals surface area contributed by atoms with Crippen LogP contribution in [0.3, 0.4) is 0 Å². The molecule has 1 aromatic carbocycles. The number of hydrazone groups is 1. The number of hydrogen-bond donors (Lipinski definition) is 1. The maximum absolute atomic E-state index is 13.0. The van der Waals surface area contributed by atoms with E-state index < -0.39 is 0 Å². The maximum atomic E-state index is 13.0. The molecule has 3 aromatic rings. The highest BCUT2D eigenvalue weighted by Gasteiger charge is 2.11. The topological polar surface area (TPSA) is 50.2 Å². The lowest BCUT2D eigenvalue weighted by Crippen LogP contribution is -2.01. The van der Waals surface area contributed by atoms with Crippen molar-refractivity contribution < 1.29 is 4.39 Å². The molecule has 0 saturated carbocycles. The molecular weight excluding hydrogens is 299 g/mol. The average Bonchev–Trinajstić information content (AvgIpc) is 2.81. The molecule has 0 aliphatic heterocycles. The number of fused-ring (bicyclic) bond motifs is 1. The van der Waals surface area contributed by atoms with E-state index in [1.54, 1.807) is 23.5 Å². The predicted octanol–water partition coefficient (Wildman–Crippen LogP) is 4.28. The molecule has 0 bridgehead atoms. The Bertz CT molecular complexity index is 852. The number of rotatable bonds is 3. The van der Waals surface area contributed by atoms with Crippen LogP contribution in [0.15, 0.2) is 35.7 Å². The van der Waals surface area contributed by atoms with Gasteiger partial charge in [0.1, 0.15) is 17.0 Å². The fraction of sp³-hybridized carbons (Fsp3) is 0.188. The van der Waals surface area contributed by atoms with Gasteiger partial charge >= 0.3 is 0 Å².